The Labute approximate surface area is 141 Å². The molecule has 78 valence electrons. The number of hydrogen-bond donors (Lipinski definition) is 0. The van der Waals surface area contributed by atoms with E-state index in [0.717, 1.165) is 24.7 Å². The summed E-state index contributed by atoms with van der Waals surface area (Å²) in [5.41, 5.74) is 0. The van der Waals surface area contributed by atoms with Gasteiger partial charge in [-0.2, -0.15) is 24.7 Å². The van der Waals surface area contributed by atoms with Crippen LogP contribution in [0.4, 0.5) is 0 Å². The molecule has 0 aromatic carbocycles. The fraction of sp³-hybridized carbons (Fsp3) is 0.667. The molecule has 2 radical (unpaired) electrons. The third-order valence-corrected chi connectivity index (χ3v) is 2.69. The van der Waals surface area contributed by atoms with Crippen LogP contribution in [0.15, 0.2) is 0 Å². The summed E-state index contributed by atoms with van der Waals surface area (Å²) in [5.74, 6) is 1.65. The average molecular weight is 342 g/mol. The molecule has 2 heteroatoms. The van der Waals surface area contributed by atoms with Crippen LogP contribution in [-0.2, 0) is 65.4 Å². The van der Waals surface area contributed by atoms with Crippen molar-refractivity contribution in [2.24, 2.45) is 11.8 Å². The van der Waals surface area contributed by atoms with Crippen LogP contribution in [0, 0.1) is 38.5 Å². The van der Waals surface area contributed by atoms with Crippen LogP contribution in [0.1, 0.15) is 38.5 Å². The Morgan fingerprint density at radius 1 is 0.857 bits per heavy atom. The molecule has 0 bridgehead atoms. The Bertz CT molecular complexity index is 92.9. The predicted octanol–water partition coefficient (Wildman–Crippen LogP) is 3.64. The zero-order valence-electron chi connectivity index (χ0n) is 9.12. The minimum absolute atomic E-state index is 0. The minimum atomic E-state index is 0. The van der Waals surface area contributed by atoms with Gasteiger partial charge in [0.05, 0.1) is 0 Å². The van der Waals surface area contributed by atoms with E-state index in [2.05, 4.69) is 26.7 Å². The van der Waals surface area contributed by atoms with Crippen molar-refractivity contribution in [2.45, 2.75) is 38.5 Å². The van der Waals surface area contributed by atoms with Crippen LogP contribution in [0.25, 0.3) is 0 Å². The molecule has 1 rings (SSSR count). The smallest absolute Gasteiger partial charge is 0 e. The molecule has 0 aromatic rings. The van der Waals surface area contributed by atoms with Gasteiger partial charge in [-0.1, -0.05) is 0 Å². The Hall–Kier alpha value is 2.21. The first-order valence-electron chi connectivity index (χ1n) is 5.12. The molecular weight excluding hydrogens is 322 g/mol. The van der Waals surface area contributed by atoms with Gasteiger partial charge in [0.1, 0.15) is 0 Å². The summed E-state index contributed by atoms with van der Waals surface area (Å²) >= 11 is 0. The van der Waals surface area contributed by atoms with Crippen LogP contribution in [-0.4, -0.2) is 0 Å². The van der Waals surface area contributed by atoms with Crippen molar-refractivity contribution in [3.8, 4) is 0 Å². The van der Waals surface area contributed by atoms with Crippen molar-refractivity contribution in [3.05, 3.63) is 26.7 Å². The molecule has 0 saturated heterocycles. The quantitative estimate of drug-likeness (QED) is 0.685. The van der Waals surface area contributed by atoms with E-state index in [-0.39, 0.29) is 65.4 Å². The van der Waals surface area contributed by atoms with E-state index < -0.39 is 0 Å². The van der Waals surface area contributed by atoms with Crippen LogP contribution >= 0.6 is 0 Å². The Balaban J connectivity index is 0. The van der Waals surface area contributed by atoms with Gasteiger partial charge in [-0.15, -0.1) is 12.8 Å². The summed E-state index contributed by atoms with van der Waals surface area (Å²) in [6.07, 6.45) is 12.2. The van der Waals surface area contributed by atoms with Crippen molar-refractivity contribution >= 4 is 0 Å². The molecule has 2 unspecified atom stereocenters. The summed E-state index contributed by atoms with van der Waals surface area (Å²) < 4.78 is 0. The molecular formula is C12H20Y2-4. The van der Waals surface area contributed by atoms with Gasteiger partial charge in [0.25, 0.3) is 0 Å². The predicted molar refractivity (Wildman–Crippen MR) is 54.0 cm³/mol. The minimum Gasteiger partial charge on any atom is -0.343 e. The molecule has 0 heterocycles. The monoisotopic (exact) mass is 342 g/mol. The molecule has 0 spiro atoms. The molecule has 0 amide bonds. The second kappa shape index (κ2) is 11.7. The summed E-state index contributed by atoms with van der Waals surface area (Å²) in [6, 6.07) is 0. The summed E-state index contributed by atoms with van der Waals surface area (Å²) in [7, 11) is 0. The van der Waals surface area contributed by atoms with Gasteiger partial charge < -0.3 is 26.7 Å². The second-order valence-corrected chi connectivity index (χ2v) is 3.75. The molecule has 1 aliphatic carbocycles. The van der Waals surface area contributed by atoms with Gasteiger partial charge in [0.15, 0.2) is 0 Å². The number of hydrogen-bond acceptors (Lipinski definition) is 0. The molecule has 0 nitrogen and oxygen atoms in total. The first-order chi connectivity index (χ1) is 5.86. The maximum Gasteiger partial charge on any atom is 0 e. The molecule has 14 heavy (non-hydrogen) atoms. The normalized spacial score (nSPS) is 26.1. The van der Waals surface area contributed by atoms with Gasteiger partial charge in [-0.05, 0) is 0 Å². The van der Waals surface area contributed by atoms with E-state index in [1.54, 1.807) is 0 Å². The van der Waals surface area contributed by atoms with E-state index in [9.17, 15) is 0 Å². The third-order valence-electron chi connectivity index (χ3n) is 2.69. The first-order valence-corrected chi connectivity index (χ1v) is 5.12. The zero-order chi connectivity index (χ0) is 8.81. The van der Waals surface area contributed by atoms with Gasteiger partial charge in [-0.3, -0.25) is 0 Å². The molecule has 1 saturated carbocycles. The maximum absolute atomic E-state index is 3.89. The molecule has 1 fully saturated rings. The van der Waals surface area contributed by atoms with Crippen LogP contribution in [0.5, 0.6) is 0 Å². The maximum atomic E-state index is 3.89. The zero-order valence-corrected chi connectivity index (χ0v) is 14.8. The van der Waals surface area contributed by atoms with E-state index in [0.29, 0.717) is 0 Å². The largest absolute Gasteiger partial charge is 0.343 e. The van der Waals surface area contributed by atoms with Gasteiger partial charge >= 0.3 is 0 Å². The summed E-state index contributed by atoms with van der Waals surface area (Å²) in [4.78, 5) is 0. The van der Waals surface area contributed by atoms with Crippen molar-refractivity contribution in [3.63, 3.8) is 0 Å². The van der Waals surface area contributed by atoms with Gasteiger partial charge in [-0.25, -0.2) is 12.8 Å². The Kier molecular flexibility index (Phi) is 15.5. The van der Waals surface area contributed by atoms with Crippen LogP contribution < -0.4 is 0 Å². The van der Waals surface area contributed by atoms with E-state index in [1.807, 2.05) is 0 Å². The van der Waals surface area contributed by atoms with Crippen LogP contribution in [0.2, 0.25) is 0 Å². The van der Waals surface area contributed by atoms with Crippen molar-refractivity contribution in [1.82, 2.24) is 0 Å². The standard InChI is InChI=1S/C12H20.2Y/c1-3-5-11-7-9-12(6-4-2)10-8-11;;/h7,10-12H,1-6,8-9H2;;/q-4;;. The SMILES string of the molecule is [CH2-]CCC1[CH-]CC(CC[CH2-])[CH-]C1.[Y].[Y]. The second-order valence-electron chi connectivity index (χ2n) is 3.75. The molecule has 0 N–H and O–H groups in total. The van der Waals surface area contributed by atoms with Crippen molar-refractivity contribution in [2.75, 3.05) is 0 Å². The van der Waals surface area contributed by atoms with Gasteiger partial charge in [0.2, 0.25) is 0 Å². The first kappa shape index (κ1) is 18.6. The molecule has 1 aliphatic rings. The number of rotatable bonds is 4. The van der Waals surface area contributed by atoms with E-state index in [1.165, 1.54) is 25.7 Å². The molecule has 0 aromatic heterocycles. The van der Waals surface area contributed by atoms with Crippen molar-refractivity contribution in [1.29, 1.82) is 0 Å². The van der Waals surface area contributed by atoms with Crippen molar-refractivity contribution < 1.29 is 65.4 Å². The fourth-order valence-corrected chi connectivity index (χ4v) is 1.92. The van der Waals surface area contributed by atoms with Gasteiger partial charge in [0, 0.05) is 65.4 Å². The third kappa shape index (κ3) is 7.48. The summed E-state index contributed by atoms with van der Waals surface area (Å²) in [5, 5.41) is 0. The Morgan fingerprint density at radius 3 is 1.43 bits per heavy atom. The Morgan fingerprint density at radius 2 is 1.21 bits per heavy atom. The van der Waals surface area contributed by atoms with Crippen LogP contribution in [0.3, 0.4) is 0 Å². The van der Waals surface area contributed by atoms with E-state index in [4.69, 9.17) is 0 Å². The topological polar surface area (TPSA) is 0 Å². The fourth-order valence-electron chi connectivity index (χ4n) is 1.92. The molecule has 2 atom stereocenters. The summed E-state index contributed by atoms with van der Waals surface area (Å²) in [6.45, 7) is 7.78. The molecule has 0 aliphatic heterocycles. The van der Waals surface area contributed by atoms with E-state index >= 15 is 0 Å². The average Bonchev–Trinajstić information content (AvgIpc) is 2.09.